The van der Waals surface area contributed by atoms with Crippen molar-refractivity contribution in [1.82, 2.24) is 14.9 Å². The molecule has 1 aliphatic rings. The van der Waals surface area contributed by atoms with Gasteiger partial charge in [0, 0.05) is 19.5 Å². The Bertz CT molecular complexity index is 584. The van der Waals surface area contributed by atoms with Crippen LogP contribution in [0.1, 0.15) is 30.3 Å². The second-order valence-electron chi connectivity index (χ2n) is 5.52. The summed E-state index contributed by atoms with van der Waals surface area (Å²) in [4.78, 5) is 4.54. The van der Waals surface area contributed by atoms with Crippen molar-refractivity contribution in [2.24, 2.45) is 13.0 Å². The topological polar surface area (TPSA) is 50.1 Å². The van der Waals surface area contributed by atoms with Crippen molar-refractivity contribution in [3.8, 4) is 0 Å². The Balaban J connectivity index is 1.91. The number of aliphatic hydroxyl groups excluding tert-OH is 1. The van der Waals surface area contributed by atoms with E-state index in [0.717, 1.165) is 48.4 Å². The van der Waals surface area contributed by atoms with Gasteiger partial charge in [0.2, 0.25) is 0 Å². The highest BCUT2D eigenvalue weighted by Crippen LogP contribution is 2.29. The molecule has 0 aliphatic carbocycles. The summed E-state index contributed by atoms with van der Waals surface area (Å²) < 4.78 is 2.08. The lowest BCUT2D eigenvalue weighted by Gasteiger charge is -2.27. The van der Waals surface area contributed by atoms with Crippen LogP contribution in [0, 0.1) is 12.8 Å². The van der Waals surface area contributed by atoms with Crippen LogP contribution in [0.15, 0.2) is 18.2 Å². The minimum atomic E-state index is -0.389. The molecule has 2 heterocycles. The molecule has 1 fully saturated rings. The predicted octanol–water partition coefficient (Wildman–Crippen LogP) is 1.91. The van der Waals surface area contributed by atoms with E-state index in [0.29, 0.717) is 5.92 Å². The van der Waals surface area contributed by atoms with Crippen molar-refractivity contribution in [3.63, 3.8) is 0 Å². The zero-order chi connectivity index (χ0) is 13.4. The maximum atomic E-state index is 10.5. The largest absolute Gasteiger partial charge is 0.388 e. The molecule has 2 atom stereocenters. The molecule has 1 aromatic heterocycles. The number of nitrogens with one attached hydrogen (secondary N) is 1. The van der Waals surface area contributed by atoms with E-state index in [1.54, 1.807) is 0 Å². The van der Waals surface area contributed by atoms with Gasteiger partial charge in [0.1, 0.15) is 5.82 Å². The molecule has 1 aromatic carbocycles. The normalized spacial score (nSPS) is 21.7. The number of hydrogen-bond donors (Lipinski definition) is 2. The number of aryl methyl sites for hydroxylation is 2. The Hall–Kier alpha value is -1.39. The Labute approximate surface area is 113 Å². The zero-order valence-electron chi connectivity index (χ0n) is 11.6. The standard InChI is InChI=1S/C15H21N3O/c1-10-17-13-8-11(5-6-14(13)18(10)2)15(19)12-4-3-7-16-9-12/h5-6,8,12,15-16,19H,3-4,7,9H2,1-2H3. The quantitative estimate of drug-likeness (QED) is 0.866. The first kappa shape index (κ1) is 12.6. The van der Waals surface area contributed by atoms with Gasteiger partial charge in [-0.05, 0) is 44.0 Å². The Morgan fingerprint density at radius 2 is 2.32 bits per heavy atom. The molecule has 102 valence electrons. The number of fused-ring (bicyclic) bond motifs is 1. The lowest BCUT2D eigenvalue weighted by atomic mass is 9.89. The van der Waals surface area contributed by atoms with Gasteiger partial charge in [-0.3, -0.25) is 0 Å². The van der Waals surface area contributed by atoms with Gasteiger partial charge in [0.25, 0.3) is 0 Å². The van der Waals surface area contributed by atoms with E-state index in [9.17, 15) is 5.11 Å². The molecule has 0 bridgehead atoms. The number of nitrogens with zero attached hydrogens (tertiary/aromatic N) is 2. The fourth-order valence-electron chi connectivity index (χ4n) is 2.94. The van der Waals surface area contributed by atoms with Crippen molar-refractivity contribution in [2.75, 3.05) is 13.1 Å². The van der Waals surface area contributed by atoms with Crippen molar-refractivity contribution < 1.29 is 5.11 Å². The molecule has 2 N–H and O–H groups in total. The summed E-state index contributed by atoms with van der Waals surface area (Å²) in [6.45, 7) is 3.98. The van der Waals surface area contributed by atoms with Crippen molar-refractivity contribution in [1.29, 1.82) is 0 Å². The van der Waals surface area contributed by atoms with E-state index in [1.165, 1.54) is 0 Å². The molecule has 0 radical (unpaired) electrons. The number of aromatic nitrogens is 2. The Morgan fingerprint density at radius 3 is 3.05 bits per heavy atom. The van der Waals surface area contributed by atoms with Crippen molar-refractivity contribution in [3.05, 3.63) is 29.6 Å². The number of piperidine rings is 1. The van der Waals surface area contributed by atoms with Crippen molar-refractivity contribution >= 4 is 11.0 Å². The third kappa shape index (κ3) is 2.26. The van der Waals surface area contributed by atoms with E-state index in [1.807, 2.05) is 26.1 Å². The first-order valence-electron chi connectivity index (χ1n) is 6.98. The van der Waals surface area contributed by atoms with E-state index in [-0.39, 0.29) is 6.10 Å². The van der Waals surface area contributed by atoms with Gasteiger partial charge in [-0.25, -0.2) is 4.98 Å². The van der Waals surface area contributed by atoms with Gasteiger partial charge < -0.3 is 15.0 Å². The smallest absolute Gasteiger partial charge is 0.106 e. The number of imidazole rings is 1. The Morgan fingerprint density at radius 1 is 1.47 bits per heavy atom. The van der Waals surface area contributed by atoms with Crippen LogP contribution in [0.2, 0.25) is 0 Å². The number of rotatable bonds is 2. The molecule has 3 rings (SSSR count). The van der Waals surface area contributed by atoms with Gasteiger partial charge >= 0.3 is 0 Å². The summed E-state index contributed by atoms with van der Waals surface area (Å²) in [6.07, 6.45) is 1.85. The molecule has 2 aromatic rings. The SMILES string of the molecule is Cc1nc2cc(C(O)C3CCCNC3)ccc2n1C. The third-order valence-electron chi connectivity index (χ3n) is 4.25. The maximum Gasteiger partial charge on any atom is 0.106 e. The highest BCUT2D eigenvalue weighted by Gasteiger charge is 2.23. The second kappa shape index (κ2) is 4.94. The molecule has 0 amide bonds. The molecule has 1 aliphatic heterocycles. The average molecular weight is 259 g/mol. The van der Waals surface area contributed by atoms with E-state index in [4.69, 9.17) is 0 Å². The van der Waals surface area contributed by atoms with Crippen LogP contribution in [-0.4, -0.2) is 27.7 Å². The lowest BCUT2D eigenvalue weighted by Crippen LogP contribution is -2.33. The number of aliphatic hydroxyl groups is 1. The minimum Gasteiger partial charge on any atom is -0.388 e. The van der Waals surface area contributed by atoms with Gasteiger partial charge in [-0.2, -0.15) is 0 Å². The van der Waals surface area contributed by atoms with Gasteiger partial charge in [-0.1, -0.05) is 6.07 Å². The van der Waals surface area contributed by atoms with Crippen LogP contribution in [0.5, 0.6) is 0 Å². The zero-order valence-corrected chi connectivity index (χ0v) is 11.6. The number of benzene rings is 1. The van der Waals surface area contributed by atoms with Crippen LogP contribution >= 0.6 is 0 Å². The predicted molar refractivity (Wildman–Crippen MR) is 76.0 cm³/mol. The highest BCUT2D eigenvalue weighted by molar-refractivity contribution is 5.76. The maximum absolute atomic E-state index is 10.5. The molecular weight excluding hydrogens is 238 g/mol. The summed E-state index contributed by atoms with van der Waals surface area (Å²) in [5, 5.41) is 13.9. The lowest BCUT2D eigenvalue weighted by molar-refractivity contribution is 0.0923. The molecule has 0 saturated carbocycles. The summed E-state index contributed by atoms with van der Waals surface area (Å²) in [5.74, 6) is 1.32. The fraction of sp³-hybridized carbons (Fsp3) is 0.533. The first-order valence-corrected chi connectivity index (χ1v) is 6.98. The van der Waals surface area contributed by atoms with Gasteiger partial charge in [0.05, 0.1) is 17.1 Å². The molecule has 2 unspecified atom stereocenters. The van der Waals surface area contributed by atoms with Crippen molar-refractivity contribution in [2.45, 2.75) is 25.9 Å². The van der Waals surface area contributed by atoms with Crippen LogP contribution in [0.4, 0.5) is 0 Å². The summed E-state index contributed by atoms with van der Waals surface area (Å²) >= 11 is 0. The van der Waals surface area contributed by atoms with Crippen LogP contribution < -0.4 is 5.32 Å². The Kier molecular flexibility index (Phi) is 3.29. The molecule has 0 spiro atoms. The molecule has 4 nitrogen and oxygen atoms in total. The second-order valence-corrected chi connectivity index (χ2v) is 5.52. The summed E-state index contributed by atoms with van der Waals surface area (Å²) in [6, 6.07) is 6.12. The first-order chi connectivity index (χ1) is 9.16. The van der Waals surface area contributed by atoms with Crippen LogP contribution in [0.3, 0.4) is 0 Å². The summed E-state index contributed by atoms with van der Waals surface area (Å²) in [7, 11) is 2.02. The fourth-order valence-corrected chi connectivity index (χ4v) is 2.94. The van der Waals surface area contributed by atoms with Gasteiger partial charge in [0.15, 0.2) is 0 Å². The molecule has 1 saturated heterocycles. The molecular formula is C15H21N3O. The average Bonchev–Trinajstić information content (AvgIpc) is 2.74. The molecule has 4 heteroatoms. The third-order valence-corrected chi connectivity index (χ3v) is 4.25. The monoisotopic (exact) mass is 259 g/mol. The number of hydrogen-bond acceptors (Lipinski definition) is 3. The van der Waals surface area contributed by atoms with Crippen LogP contribution in [-0.2, 0) is 7.05 Å². The highest BCUT2D eigenvalue weighted by atomic mass is 16.3. The van der Waals surface area contributed by atoms with E-state index < -0.39 is 0 Å². The van der Waals surface area contributed by atoms with Gasteiger partial charge in [-0.15, -0.1) is 0 Å². The van der Waals surface area contributed by atoms with E-state index >= 15 is 0 Å². The summed E-state index contributed by atoms with van der Waals surface area (Å²) in [5.41, 5.74) is 3.08. The minimum absolute atomic E-state index is 0.316. The van der Waals surface area contributed by atoms with Crippen LogP contribution in [0.25, 0.3) is 11.0 Å². The van der Waals surface area contributed by atoms with E-state index in [2.05, 4.69) is 20.9 Å². The molecule has 19 heavy (non-hydrogen) atoms.